The zero-order valence-electron chi connectivity index (χ0n) is 11.0. The smallest absolute Gasteiger partial charge is 0.0568 e. The van der Waals surface area contributed by atoms with Crippen molar-refractivity contribution in [2.75, 3.05) is 0 Å². The Balaban J connectivity index is 2.11. The third-order valence-electron chi connectivity index (χ3n) is 3.62. The summed E-state index contributed by atoms with van der Waals surface area (Å²) in [7, 11) is 0. The number of fused-ring (bicyclic) bond motifs is 1. The van der Waals surface area contributed by atoms with Crippen LogP contribution in [0, 0.1) is 0 Å². The average molecular weight is 267 g/mol. The molecule has 0 aliphatic heterocycles. The van der Waals surface area contributed by atoms with Gasteiger partial charge < -0.3 is 5.73 Å². The summed E-state index contributed by atoms with van der Waals surface area (Å²) in [6.45, 7) is 2.18. The largest absolute Gasteiger partial charge is 0.320 e. The normalized spacial score (nSPS) is 12.7. The molecular formula is C17H17NS. The van der Waals surface area contributed by atoms with Gasteiger partial charge in [0.2, 0.25) is 0 Å². The van der Waals surface area contributed by atoms with E-state index in [9.17, 15) is 0 Å². The van der Waals surface area contributed by atoms with Crippen LogP contribution in [0.2, 0.25) is 0 Å². The van der Waals surface area contributed by atoms with E-state index in [1.807, 2.05) is 0 Å². The quantitative estimate of drug-likeness (QED) is 0.742. The second-order valence-corrected chi connectivity index (χ2v) is 5.63. The molecule has 0 fully saturated rings. The Morgan fingerprint density at radius 3 is 2.58 bits per heavy atom. The fraction of sp³-hybridized carbons (Fsp3) is 0.176. The molecule has 0 saturated carbocycles. The molecule has 0 saturated heterocycles. The Morgan fingerprint density at radius 1 is 1.00 bits per heavy atom. The standard InChI is InChI=1S/C17H17NS/c1-2-12-7-3-4-8-13(12)17(18)15-11-19-16-10-6-5-9-14(15)16/h3-11,17H,2,18H2,1H3. The molecule has 2 N–H and O–H groups in total. The molecule has 19 heavy (non-hydrogen) atoms. The lowest BCUT2D eigenvalue weighted by Crippen LogP contribution is -2.13. The molecular weight excluding hydrogens is 250 g/mol. The van der Waals surface area contributed by atoms with Gasteiger partial charge in [-0.25, -0.2) is 0 Å². The molecule has 3 aromatic rings. The van der Waals surface area contributed by atoms with E-state index in [0.717, 1.165) is 6.42 Å². The fourth-order valence-corrected chi connectivity index (χ4v) is 3.56. The van der Waals surface area contributed by atoms with Gasteiger partial charge in [0.05, 0.1) is 6.04 Å². The molecule has 3 rings (SSSR count). The van der Waals surface area contributed by atoms with Crippen molar-refractivity contribution in [3.63, 3.8) is 0 Å². The highest BCUT2D eigenvalue weighted by atomic mass is 32.1. The zero-order chi connectivity index (χ0) is 13.2. The van der Waals surface area contributed by atoms with Gasteiger partial charge in [-0.3, -0.25) is 0 Å². The number of rotatable bonds is 3. The molecule has 1 nitrogen and oxygen atoms in total. The topological polar surface area (TPSA) is 26.0 Å². The van der Waals surface area contributed by atoms with Gasteiger partial charge in [0.25, 0.3) is 0 Å². The van der Waals surface area contributed by atoms with Crippen molar-refractivity contribution in [1.82, 2.24) is 0 Å². The molecule has 0 spiro atoms. The average Bonchev–Trinajstić information content (AvgIpc) is 2.90. The molecule has 2 heteroatoms. The minimum atomic E-state index is -0.0349. The maximum absolute atomic E-state index is 6.51. The lowest BCUT2D eigenvalue weighted by molar-refractivity contribution is 0.861. The highest BCUT2D eigenvalue weighted by Crippen LogP contribution is 2.33. The van der Waals surface area contributed by atoms with E-state index in [1.54, 1.807) is 11.3 Å². The summed E-state index contributed by atoms with van der Waals surface area (Å²) in [6.07, 6.45) is 1.02. The molecule has 1 heterocycles. The molecule has 0 radical (unpaired) electrons. The van der Waals surface area contributed by atoms with Gasteiger partial charge in [0.1, 0.15) is 0 Å². The predicted octanol–water partition coefficient (Wildman–Crippen LogP) is 4.51. The molecule has 96 valence electrons. The predicted molar refractivity (Wildman–Crippen MR) is 83.7 cm³/mol. The summed E-state index contributed by atoms with van der Waals surface area (Å²) >= 11 is 1.77. The Labute approximate surface area is 117 Å². The van der Waals surface area contributed by atoms with Crippen molar-refractivity contribution < 1.29 is 0 Å². The van der Waals surface area contributed by atoms with Gasteiger partial charge in [-0.1, -0.05) is 49.4 Å². The van der Waals surface area contributed by atoms with Gasteiger partial charge >= 0.3 is 0 Å². The fourth-order valence-electron chi connectivity index (χ4n) is 2.57. The van der Waals surface area contributed by atoms with E-state index >= 15 is 0 Å². The van der Waals surface area contributed by atoms with Crippen molar-refractivity contribution in [3.05, 3.63) is 70.6 Å². The summed E-state index contributed by atoms with van der Waals surface area (Å²) in [5.74, 6) is 0. The van der Waals surface area contributed by atoms with E-state index in [4.69, 9.17) is 5.73 Å². The summed E-state index contributed by atoms with van der Waals surface area (Å²) < 4.78 is 1.31. The first kappa shape index (κ1) is 12.4. The zero-order valence-corrected chi connectivity index (χ0v) is 11.8. The molecule has 0 amide bonds. The maximum Gasteiger partial charge on any atom is 0.0568 e. The van der Waals surface area contributed by atoms with E-state index < -0.39 is 0 Å². The first-order chi connectivity index (χ1) is 9.31. The Morgan fingerprint density at radius 2 is 1.74 bits per heavy atom. The molecule has 2 aromatic carbocycles. The summed E-state index contributed by atoms with van der Waals surface area (Å²) in [4.78, 5) is 0. The molecule has 0 aliphatic carbocycles. The summed E-state index contributed by atoms with van der Waals surface area (Å²) in [5, 5.41) is 3.48. The third kappa shape index (κ3) is 2.18. The van der Waals surface area contributed by atoms with Gasteiger partial charge in [-0.05, 0) is 39.9 Å². The van der Waals surface area contributed by atoms with Crippen LogP contribution in [0.4, 0.5) is 0 Å². The second-order valence-electron chi connectivity index (χ2n) is 4.72. The van der Waals surface area contributed by atoms with E-state index in [2.05, 4.69) is 60.8 Å². The van der Waals surface area contributed by atoms with E-state index in [0.29, 0.717) is 0 Å². The van der Waals surface area contributed by atoms with Crippen molar-refractivity contribution in [2.24, 2.45) is 5.73 Å². The molecule has 1 aromatic heterocycles. The number of hydrogen-bond donors (Lipinski definition) is 1. The molecule has 0 bridgehead atoms. The van der Waals surface area contributed by atoms with Crippen LogP contribution in [0.1, 0.15) is 29.7 Å². The van der Waals surface area contributed by atoms with Crippen LogP contribution in [-0.4, -0.2) is 0 Å². The van der Waals surface area contributed by atoms with Crippen LogP contribution in [0.5, 0.6) is 0 Å². The van der Waals surface area contributed by atoms with Crippen molar-refractivity contribution in [1.29, 1.82) is 0 Å². The third-order valence-corrected chi connectivity index (χ3v) is 4.60. The lowest BCUT2D eigenvalue weighted by atomic mass is 9.94. The number of aryl methyl sites for hydroxylation is 1. The minimum Gasteiger partial charge on any atom is -0.320 e. The van der Waals surface area contributed by atoms with Crippen LogP contribution in [0.25, 0.3) is 10.1 Å². The summed E-state index contributed by atoms with van der Waals surface area (Å²) in [6, 6.07) is 16.9. The van der Waals surface area contributed by atoms with Crippen LogP contribution in [0.15, 0.2) is 53.9 Å². The first-order valence-corrected chi connectivity index (χ1v) is 7.48. The highest BCUT2D eigenvalue weighted by Gasteiger charge is 2.15. The van der Waals surface area contributed by atoms with Crippen molar-refractivity contribution >= 4 is 21.4 Å². The second kappa shape index (κ2) is 5.16. The van der Waals surface area contributed by atoms with Crippen molar-refractivity contribution in [2.45, 2.75) is 19.4 Å². The number of benzene rings is 2. The van der Waals surface area contributed by atoms with Crippen molar-refractivity contribution in [3.8, 4) is 0 Å². The number of hydrogen-bond acceptors (Lipinski definition) is 2. The van der Waals surface area contributed by atoms with Crippen LogP contribution in [0.3, 0.4) is 0 Å². The van der Waals surface area contributed by atoms with Gasteiger partial charge in [0, 0.05) is 4.70 Å². The Hall–Kier alpha value is -1.64. The first-order valence-electron chi connectivity index (χ1n) is 6.60. The Kier molecular flexibility index (Phi) is 3.36. The maximum atomic E-state index is 6.51. The van der Waals surface area contributed by atoms with Crippen LogP contribution >= 0.6 is 11.3 Å². The molecule has 1 atom stereocenters. The van der Waals surface area contributed by atoms with Gasteiger partial charge in [-0.2, -0.15) is 0 Å². The number of nitrogens with two attached hydrogens (primary N) is 1. The van der Waals surface area contributed by atoms with Crippen LogP contribution < -0.4 is 5.73 Å². The van der Waals surface area contributed by atoms with Crippen LogP contribution in [-0.2, 0) is 6.42 Å². The van der Waals surface area contributed by atoms with E-state index in [1.165, 1.54) is 26.8 Å². The minimum absolute atomic E-state index is 0.0349. The monoisotopic (exact) mass is 267 g/mol. The molecule has 1 unspecified atom stereocenters. The molecule has 0 aliphatic rings. The number of thiophene rings is 1. The van der Waals surface area contributed by atoms with E-state index in [-0.39, 0.29) is 6.04 Å². The highest BCUT2D eigenvalue weighted by molar-refractivity contribution is 7.17. The lowest BCUT2D eigenvalue weighted by Gasteiger charge is -2.15. The van der Waals surface area contributed by atoms with Gasteiger partial charge in [0.15, 0.2) is 0 Å². The SMILES string of the molecule is CCc1ccccc1C(N)c1csc2ccccc12. The Bertz CT molecular complexity index is 699. The summed E-state index contributed by atoms with van der Waals surface area (Å²) in [5.41, 5.74) is 10.3. The van der Waals surface area contributed by atoms with Gasteiger partial charge in [-0.15, -0.1) is 11.3 Å².